The largest absolute Gasteiger partial charge is 0.383 e. The number of benzene rings is 1. The Morgan fingerprint density at radius 3 is 2.73 bits per heavy atom. The molecule has 0 N–H and O–H groups in total. The second kappa shape index (κ2) is 7.44. The maximum atomic E-state index is 12.6. The number of fused-ring (bicyclic) bond motifs is 1. The number of amides is 1. The second-order valence-electron chi connectivity index (χ2n) is 5.90. The Labute approximate surface area is 139 Å². The lowest BCUT2D eigenvalue weighted by atomic mass is 10.3. The number of thioether (sulfide) groups is 1. The Kier molecular flexibility index (Phi) is 5.83. The number of hydrogen-bond acceptors (Lipinski definition) is 5. The molecule has 0 atom stereocenters. The lowest BCUT2D eigenvalue weighted by molar-refractivity contribution is -0.116. The number of aromatic nitrogens is 1. The topological polar surface area (TPSA) is 42.4 Å². The van der Waals surface area contributed by atoms with Gasteiger partial charge in [0.1, 0.15) is 0 Å². The van der Waals surface area contributed by atoms with E-state index in [1.165, 1.54) is 0 Å². The molecule has 1 aromatic heterocycles. The van der Waals surface area contributed by atoms with Crippen LogP contribution in [0.3, 0.4) is 0 Å². The number of thiazole rings is 1. The van der Waals surface area contributed by atoms with Crippen LogP contribution < -0.4 is 4.90 Å². The van der Waals surface area contributed by atoms with E-state index in [0.717, 1.165) is 15.3 Å². The third-order valence-corrected chi connectivity index (χ3v) is 5.28. The first-order valence-corrected chi connectivity index (χ1v) is 9.00. The van der Waals surface area contributed by atoms with E-state index >= 15 is 0 Å². The predicted molar refractivity (Wildman–Crippen MR) is 96.1 cm³/mol. The van der Waals surface area contributed by atoms with Crippen molar-refractivity contribution in [3.05, 3.63) is 24.3 Å². The molecule has 4 nitrogen and oxygen atoms in total. The molecule has 0 saturated carbocycles. The molecule has 120 valence electrons. The molecule has 0 bridgehead atoms. The number of para-hydroxylation sites is 1. The van der Waals surface area contributed by atoms with Crippen molar-refractivity contribution < 1.29 is 9.53 Å². The zero-order chi connectivity index (χ0) is 16.2. The summed E-state index contributed by atoms with van der Waals surface area (Å²) in [4.78, 5) is 18.9. The monoisotopic (exact) mass is 338 g/mol. The first-order valence-electron chi connectivity index (χ1n) is 7.19. The normalized spacial score (nSPS) is 11.8. The Morgan fingerprint density at radius 1 is 1.36 bits per heavy atom. The smallest absolute Gasteiger partial charge is 0.238 e. The minimum Gasteiger partial charge on any atom is -0.383 e. The van der Waals surface area contributed by atoms with Crippen LogP contribution in [0.5, 0.6) is 0 Å². The average Bonchev–Trinajstić information content (AvgIpc) is 2.88. The van der Waals surface area contributed by atoms with Crippen molar-refractivity contribution in [3.8, 4) is 0 Å². The fourth-order valence-corrected chi connectivity index (χ4v) is 3.56. The van der Waals surface area contributed by atoms with Crippen LogP contribution in [-0.2, 0) is 9.53 Å². The van der Waals surface area contributed by atoms with Gasteiger partial charge in [-0.25, -0.2) is 4.98 Å². The van der Waals surface area contributed by atoms with E-state index in [1.807, 2.05) is 24.3 Å². The molecule has 0 saturated heterocycles. The molecule has 6 heteroatoms. The minimum atomic E-state index is 0.0657. The number of methoxy groups -OCH3 is 1. The highest BCUT2D eigenvalue weighted by Gasteiger charge is 2.22. The van der Waals surface area contributed by atoms with E-state index < -0.39 is 0 Å². The molecule has 0 radical (unpaired) electrons. The van der Waals surface area contributed by atoms with Gasteiger partial charge < -0.3 is 4.74 Å². The number of nitrogens with zero attached hydrogens (tertiary/aromatic N) is 2. The van der Waals surface area contributed by atoms with E-state index in [0.29, 0.717) is 18.9 Å². The maximum absolute atomic E-state index is 12.6. The highest BCUT2D eigenvalue weighted by Crippen LogP contribution is 2.30. The average molecular weight is 338 g/mol. The van der Waals surface area contributed by atoms with Gasteiger partial charge in [0.15, 0.2) is 5.13 Å². The number of carbonyl (C=O) groups excluding carboxylic acids is 1. The number of ether oxygens (including phenoxy) is 1. The van der Waals surface area contributed by atoms with Gasteiger partial charge in [-0.15, -0.1) is 11.8 Å². The molecule has 2 rings (SSSR count). The lowest BCUT2D eigenvalue weighted by Gasteiger charge is -2.22. The number of hydrogen-bond donors (Lipinski definition) is 0. The van der Waals surface area contributed by atoms with Gasteiger partial charge in [-0.05, 0) is 12.1 Å². The van der Waals surface area contributed by atoms with Crippen molar-refractivity contribution in [1.29, 1.82) is 0 Å². The van der Waals surface area contributed by atoms with Crippen molar-refractivity contribution in [2.24, 2.45) is 0 Å². The van der Waals surface area contributed by atoms with Crippen molar-refractivity contribution >= 4 is 44.4 Å². The van der Waals surface area contributed by atoms with Crippen molar-refractivity contribution in [2.45, 2.75) is 25.5 Å². The van der Waals surface area contributed by atoms with Crippen LogP contribution in [0.2, 0.25) is 0 Å². The first kappa shape index (κ1) is 17.2. The third-order valence-electron chi connectivity index (χ3n) is 2.96. The van der Waals surface area contributed by atoms with Gasteiger partial charge in [-0.3, -0.25) is 9.69 Å². The lowest BCUT2D eigenvalue weighted by Crippen LogP contribution is -2.36. The van der Waals surface area contributed by atoms with Crippen LogP contribution in [-0.4, -0.2) is 41.7 Å². The molecule has 0 unspecified atom stereocenters. The number of carbonyl (C=O) groups is 1. The molecule has 1 amide bonds. The van der Waals surface area contributed by atoms with E-state index in [-0.39, 0.29) is 10.7 Å². The van der Waals surface area contributed by atoms with Crippen LogP contribution in [0.4, 0.5) is 5.13 Å². The molecule has 2 aromatic rings. The highest BCUT2D eigenvalue weighted by molar-refractivity contribution is 8.01. The third kappa shape index (κ3) is 4.69. The number of anilines is 1. The summed E-state index contributed by atoms with van der Waals surface area (Å²) in [6, 6.07) is 7.95. The van der Waals surface area contributed by atoms with E-state index in [2.05, 4.69) is 25.8 Å². The van der Waals surface area contributed by atoms with Gasteiger partial charge in [0, 0.05) is 11.9 Å². The Balaban J connectivity index is 2.19. The molecule has 0 spiro atoms. The van der Waals surface area contributed by atoms with Gasteiger partial charge >= 0.3 is 0 Å². The summed E-state index contributed by atoms with van der Waals surface area (Å²) >= 11 is 3.20. The minimum absolute atomic E-state index is 0.0657. The summed E-state index contributed by atoms with van der Waals surface area (Å²) < 4.78 is 6.30. The fourth-order valence-electron chi connectivity index (χ4n) is 1.84. The van der Waals surface area contributed by atoms with Crippen LogP contribution in [0.25, 0.3) is 10.2 Å². The van der Waals surface area contributed by atoms with E-state index in [1.54, 1.807) is 35.1 Å². The standard InChI is InChI=1S/C16H22N2O2S2/c1-16(2,3)21-11-14(19)18(9-10-20-4)15-17-12-7-5-6-8-13(12)22-15/h5-8H,9-11H2,1-4H3. The Morgan fingerprint density at radius 2 is 2.09 bits per heavy atom. The summed E-state index contributed by atoms with van der Waals surface area (Å²) in [5.74, 6) is 0.527. The molecular formula is C16H22N2O2S2. The summed E-state index contributed by atoms with van der Waals surface area (Å²) in [6.07, 6.45) is 0. The summed E-state index contributed by atoms with van der Waals surface area (Å²) in [5, 5.41) is 0.748. The van der Waals surface area contributed by atoms with Gasteiger partial charge in [0.05, 0.1) is 29.1 Å². The summed E-state index contributed by atoms with van der Waals surface area (Å²) in [6.45, 7) is 7.37. The molecule has 22 heavy (non-hydrogen) atoms. The quantitative estimate of drug-likeness (QED) is 0.803. The zero-order valence-electron chi connectivity index (χ0n) is 13.5. The first-order chi connectivity index (χ1) is 10.4. The predicted octanol–water partition coefficient (Wildman–Crippen LogP) is 3.81. The molecule has 0 aliphatic carbocycles. The van der Waals surface area contributed by atoms with Gasteiger partial charge in [0.2, 0.25) is 5.91 Å². The summed E-state index contributed by atoms with van der Waals surface area (Å²) in [5.41, 5.74) is 0.932. The zero-order valence-corrected chi connectivity index (χ0v) is 15.1. The van der Waals surface area contributed by atoms with Crippen LogP contribution >= 0.6 is 23.1 Å². The highest BCUT2D eigenvalue weighted by atomic mass is 32.2. The summed E-state index contributed by atoms with van der Waals surface area (Å²) in [7, 11) is 1.64. The van der Waals surface area contributed by atoms with Crippen LogP contribution in [0.15, 0.2) is 24.3 Å². The maximum Gasteiger partial charge on any atom is 0.238 e. The Hall–Kier alpha value is -1.11. The molecule has 0 aliphatic heterocycles. The van der Waals surface area contributed by atoms with Gasteiger partial charge in [-0.2, -0.15) is 0 Å². The van der Waals surface area contributed by atoms with Gasteiger partial charge in [-0.1, -0.05) is 44.2 Å². The second-order valence-corrected chi connectivity index (χ2v) is 8.71. The van der Waals surface area contributed by atoms with E-state index in [4.69, 9.17) is 4.74 Å². The molecule has 1 heterocycles. The fraction of sp³-hybridized carbons (Fsp3) is 0.500. The van der Waals surface area contributed by atoms with Gasteiger partial charge in [0.25, 0.3) is 0 Å². The van der Waals surface area contributed by atoms with Crippen LogP contribution in [0, 0.1) is 0 Å². The number of rotatable bonds is 6. The molecule has 0 fully saturated rings. The van der Waals surface area contributed by atoms with Crippen LogP contribution in [0.1, 0.15) is 20.8 Å². The molecular weight excluding hydrogens is 316 g/mol. The molecule has 0 aliphatic rings. The molecule has 1 aromatic carbocycles. The Bertz CT molecular complexity index is 601. The van der Waals surface area contributed by atoms with Crippen molar-refractivity contribution in [3.63, 3.8) is 0 Å². The van der Waals surface area contributed by atoms with Crippen molar-refractivity contribution in [2.75, 3.05) is 30.9 Å². The SMILES string of the molecule is COCCN(C(=O)CSC(C)(C)C)c1nc2ccccc2s1. The van der Waals surface area contributed by atoms with Crippen molar-refractivity contribution in [1.82, 2.24) is 4.98 Å². The van der Waals surface area contributed by atoms with E-state index in [9.17, 15) is 4.79 Å².